The van der Waals surface area contributed by atoms with Crippen LogP contribution >= 0.6 is 0 Å². The molecule has 78 valence electrons. The second-order valence-electron chi connectivity index (χ2n) is 4.40. The lowest BCUT2D eigenvalue weighted by atomic mass is 9.84. The van der Waals surface area contributed by atoms with Gasteiger partial charge in [-0.1, -0.05) is 0 Å². The zero-order chi connectivity index (χ0) is 10.3. The van der Waals surface area contributed by atoms with Crippen LogP contribution in [0.15, 0.2) is 0 Å². The molecule has 0 saturated heterocycles. The summed E-state index contributed by atoms with van der Waals surface area (Å²) in [5.74, 6) is -2.89. The van der Waals surface area contributed by atoms with E-state index in [0.717, 1.165) is 25.7 Å². The fourth-order valence-electron chi connectivity index (χ4n) is 2.21. The van der Waals surface area contributed by atoms with Gasteiger partial charge in [0.2, 0.25) is 0 Å². The number of carboxylic acid groups (broad SMARTS) is 2. The SMILES string of the molecule is O=C(O)C(C1CC1)C(C(=O)O)C1CC1. The van der Waals surface area contributed by atoms with Crippen LogP contribution in [-0.2, 0) is 9.59 Å². The molecule has 14 heavy (non-hydrogen) atoms. The maximum absolute atomic E-state index is 11.0. The highest BCUT2D eigenvalue weighted by Crippen LogP contribution is 2.48. The molecule has 0 aromatic heterocycles. The first-order valence-electron chi connectivity index (χ1n) is 5.07. The molecule has 0 aromatic carbocycles. The van der Waals surface area contributed by atoms with Crippen molar-refractivity contribution < 1.29 is 19.8 Å². The van der Waals surface area contributed by atoms with E-state index in [1.165, 1.54) is 0 Å². The molecule has 2 saturated carbocycles. The van der Waals surface area contributed by atoms with Crippen LogP contribution in [0, 0.1) is 23.7 Å². The van der Waals surface area contributed by atoms with Crippen molar-refractivity contribution in [1.29, 1.82) is 0 Å². The third kappa shape index (κ3) is 1.74. The topological polar surface area (TPSA) is 74.6 Å². The molecule has 2 rings (SSSR count). The van der Waals surface area contributed by atoms with Gasteiger partial charge in [-0.05, 0) is 37.5 Å². The van der Waals surface area contributed by atoms with Gasteiger partial charge in [0.15, 0.2) is 0 Å². The Balaban J connectivity index is 2.12. The average molecular weight is 198 g/mol. The minimum atomic E-state index is -0.924. The summed E-state index contributed by atoms with van der Waals surface area (Å²) in [6.45, 7) is 0. The third-order valence-corrected chi connectivity index (χ3v) is 3.22. The number of rotatable bonds is 5. The van der Waals surface area contributed by atoms with Gasteiger partial charge >= 0.3 is 11.9 Å². The van der Waals surface area contributed by atoms with E-state index in [0.29, 0.717) is 0 Å². The molecule has 2 N–H and O–H groups in total. The first-order chi connectivity index (χ1) is 6.61. The largest absolute Gasteiger partial charge is 0.481 e. The average Bonchev–Trinajstić information content (AvgIpc) is 2.91. The molecule has 2 unspecified atom stereocenters. The molecule has 2 fully saturated rings. The summed E-state index contributed by atoms with van der Waals surface area (Å²) in [5, 5.41) is 18.0. The molecule has 4 heteroatoms. The van der Waals surface area contributed by atoms with Crippen molar-refractivity contribution in [2.24, 2.45) is 23.7 Å². The number of hydrogen-bond donors (Lipinski definition) is 2. The van der Waals surface area contributed by atoms with Gasteiger partial charge in [-0.15, -0.1) is 0 Å². The molecular formula is C10H14O4. The Hall–Kier alpha value is -1.06. The van der Waals surface area contributed by atoms with Crippen LogP contribution in [-0.4, -0.2) is 22.2 Å². The van der Waals surface area contributed by atoms with Gasteiger partial charge in [-0.25, -0.2) is 0 Å². The molecule has 0 bridgehead atoms. The van der Waals surface area contributed by atoms with E-state index in [2.05, 4.69) is 0 Å². The summed E-state index contributed by atoms with van der Waals surface area (Å²) in [4.78, 5) is 22.0. The van der Waals surface area contributed by atoms with E-state index in [9.17, 15) is 9.59 Å². The molecule has 2 aliphatic rings. The summed E-state index contributed by atoms with van der Waals surface area (Å²) in [6, 6.07) is 0. The van der Waals surface area contributed by atoms with E-state index in [-0.39, 0.29) is 11.8 Å². The maximum atomic E-state index is 11.0. The summed E-state index contributed by atoms with van der Waals surface area (Å²) in [7, 11) is 0. The molecule has 0 aliphatic heterocycles. The van der Waals surface area contributed by atoms with Crippen LogP contribution in [0.4, 0.5) is 0 Å². The summed E-state index contributed by atoms with van der Waals surface area (Å²) < 4.78 is 0. The fraction of sp³-hybridized carbons (Fsp3) is 0.800. The van der Waals surface area contributed by atoms with Crippen LogP contribution in [0.2, 0.25) is 0 Å². The first kappa shape index (κ1) is 9.49. The quantitative estimate of drug-likeness (QED) is 0.696. The van der Waals surface area contributed by atoms with Crippen molar-refractivity contribution in [3.63, 3.8) is 0 Å². The van der Waals surface area contributed by atoms with Gasteiger partial charge in [0.05, 0.1) is 11.8 Å². The van der Waals surface area contributed by atoms with Crippen LogP contribution in [0.25, 0.3) is 0 Å². The Labute approximate surface area is 81.9 Å². The normalized spacial score (nSPS) is 25.4. The van der Waals surface area contributed by atoms with E-state index in [1.807, 2.05) is 0 Å². The van der Waals surface area contributed by atoms with Crippen molar-refractivity contribution in [3.8, 4) is 0 Å². The number of carbonyl (C=O) groups is 2. The molecule has 0 aromatic rings. The summed E-state index contributed by atoms with van der Waals surface area (Å²) >= 11 is 0. The molecule has 2 aliphatic carbocycles. The Morgan fingerprint density at radius 1 is 0.857 bits per heavy atom. The van der Waals surface area contributed by atoms with Crippen molar-refractivity contribution in [2.75, 3.05) is 0 Å². The van der Waals surface area contributed by atoms with Gasteiger partial charge in [-0.2, -0.15) is 0 Å². The smallest absolute Gasteiger partial charge is 0.307 e. The van der Waals surface area contributed by atoms with Crippen molar-refractivity contribution >= 4 is 11.9 Å². The lowest BCUT2D eigenvalue weighted by molar-refractivity contribution is -0.155. The summed E-state index contributed by atoms with van der Waals surface area (Å²) in [5.41, 5.74) is 0. The Bertz CT molecular complexity index is 237. The second kappa shape index (κ2) is 3.26. The van der Waals surface area contributed by atoms with E-state index < -0.39 is 23.8 Å². The highest BCUT2D eigenvalue weighted by atomic mass is 16.4. The number of carboxylic acids is 2. The van der Waals surface area contributed by atoms with Gasteiger partial charge in [0.25, 0.3) is 0 Å². The van der Waals surface area contributed by atoms with E-state index >= 15 is 0 Å². The highest BCUT2D eigenvalue weighted by molar-refractivity contribution is 5.81. The fourth-order valence-corrected chi connectivity index (χ4v) is 2.21. The summed E-state index contributed by atoms with van der Waals surface area (Å²) in [6.07, 6.45) is 3.53. The van der Waals surface area contributed by atoms with Crippen molar-refractivity contribution in [3.05, 3.63) is 0 Å². The minimum absolute atomic E-state index is 0.120. The Kier molecular flexibility index (Phi) is 2.21. The molecule has 0 amide bonds. The van der Waals surface area contributed by atoms with Crippen molar-refractivity contribution in [2.45, 2.75) is 25.7 Å². The predicted molar refractivity (Wildman–Crippen MR) is 47.7 cm³/mol. The Morgan fingerprint density at radius 3 is 1.29 bits per heavy atom. The molecule has 4 nitrogen and oxygen atoms in total. The lowest BCUT2D eigenvalue weighted by Crippen LogP contribution is -2.32. The number of aliphatic carboxylic acids is 2. The molecular weight excluding hydrogens is 184 g/mol. The second-order valence-corrected chi connectivity index (χ2v) is 4.40. The van der Waals surface area contributed by atoms with Crippen LogP contribution < -0.4 is 0 Å². The van der Waals surface area contributed by atoms with Gasteiger partial charge in [0.1, 0.15) is 0 Å². The lowest BCUT2D eigenvalue weighted by Gasteiger charge is -2.19. The molecule has 2 atom stereocenters. The molecule has 0 radical (unpaired) electrons. The van der Waals surface area contributed by atoms with E-state index in [4.69, 9.17) is 10.2 Å². The van der Waals surface area contributed by atoms with Crippen LogP contribution in [0.3, 0.4) is 0 Å². The highest BCUT2D eigenvalue weighted by Gasteiger charge is 2.50. The van der Waals surface area contributed by atoms with Gasteiger partial charge < -0.3 is 10.2 Å². The Morgan fingerprint density at radius 2 is 1.14 bits per heavy atom. The van der Waals surface area contributed by atoms with Crippen LogP contribution in [0.5, 0.6) is 0 Å². The first-order valence-corrected chi connectivity index (χ1v) is 5.07. The van der Waals surface area contributed by atoms with Crippen LogP contribution in [0.1, 0.15) is 25.7 Å². The molecule has 0 heterocycles. The number of hydrogen-bond acceptors (Lipinski definition) is 2. The molecule has 0 spiro atoms. The van der Waals surface area contributed by atoms with Gasteiger partial charge in [-0.3, -0.25) is 9.59 Å². The van der Waals surface area contributed by atoms with Gasteiger partial charge in [0, 0.05) is 0 Å². The minimum Gasteiger partial charge on any atom is -0.481 e. The predicted octanol–water partition coefficient (Wildman–Crippen LogP) is 1.21. The zero-order valence-electron chi connectivity index (χ0n) is 7.85. The zero-order valence-corrected chi connectivity index (χ0v) is 7.85. The standard InChI is InChI=1S/C10H14O4/c11-9(12)7(5-1-2-5)8(10(13)14)6-3-4-6/h5-8H,1-4H2,(H,11,12)(H,13,14). The maximum Gasteiger partial charge on any atom is 0.307 e. The van der Waals surface area contributed by atoms with E-state index in [1.54, 1.807) is 0 Å². The third-order valence-electron chi connectivity index (χ3n) is 3.22. The monoisotopic (exact) mass is 198 g/mol. The van der Waals surface area contributed by atoms with Crippen molar-refractivity contribution in [1.82, 2.24) is 0 Å².